The average Bonchev–Trinajstić information content (AvgIpc) is 2.37. The first-order valence-corrected chi connectivity index (χ1v) is 6.35. The van der Waals surface area contributed by atoms with Gasteiger partial charge < -0.3 is 20.9 Å². The van der Waals surface area contributed by atoms with Crippen LogP contribution in [0, 0.1) is 0 Å². The first kappa shape index (κ1) is 15.8. The molecule has 0 saturated heterocycles. The van der Waals surface area contributed by atoms with Crippen LogP contribution in [0.3, 0.4) is 0 Å². The van der Waals surface area contributed by atoms with Gasteiger partial charge in [0.1, 0.15) is 5.60 Å². The van der Waals surface area contributed by atoms with Gasteiger partial charge >= 0.3 is 0 Å². The van der Waals surface area contributed by atoms with Crippen molar-refractivity contribution >= 4 is 17.6 Å². The van der Waals surface area contributed by atoms with Crippen molar-refractivity contribution in [3.63, 3.8) is 0 Å². The molecule has 1 aromatic carbocycles. The third kappa shape index (κ3) is 5.06. The van der Waals surface area contributed by atoms with Crippen LogP contribution >= 0.6 is 11.6 Å². The summed E-state index contributed by atoms with van der Waals surface area (Å²) in [6.07, 6.45) is 0. The molecule has 0 aliphatic carbocycles. The lowest BCUT2D eigenvalue weighted by Crippen LogP contribution is -2.36. The second-order valence-corrected chi connectivity index (χ2v) is 4.78. The van der Waals surface area contributed by atoms with E-state index in [9.17, 15) is 5.11 Å². The molecule has 19 heavy (non-hydrogen) atoms. The molecule has 1 unspecified atom stereocenters. The molecule has 0 heterocycles. The molecule has 106 valence electrons. The highest BCUT2D eigenvalue weighted by Crippen LogP contribution is 2.27. The smallest absolute Gasteiger partial charge is 0.188 e. The number of hydrogen-bond acceptors (Lipinski definition) is 3. The Morgan fingerprint density at radius 1 is 1.53 bits per heavy atom. The maximum Gasteiger partial charge on any atom is 0.188 e. The maximum atomic E-state index is 10.4. The second kappa shape index (κ2) is 7.33. The first-order valence-electron chi connectivity index (χ1n) is 5.97. The van der Waals surface area contributed by atoms with Gasteiger partial charge in [0.15, 0.2) is 5.96 Å². The Bertz CT molecular complexity index is 436. The Labute approximate surface area is 118 Å². The fraction of sp³-hybridized carbons (Fsp3) is 0.462. The summed E-state index contributed by atoms with van der Waals surface area (Å²) in [5.41, 5.74) is 5.15. The molecule has 4 N–H and O–H groups in total. The van der Waals surface area contributed by atoms with Crippen molar-refractivity contribution in [1.82, 2.24) is 5.32 Å². The fourth-order valence-electron chi connectivity index (χ4n) is 1.56. The lowest BCUT2D eigenvalue weighted by atomic mass is 9.96. The Balaban J connectivity index is 2.64. The molecule has 0 aliphatic heterocycles. The van der Waals surface area contributed by atoms with Crippen molar-refractivity contribution in [2.45, 2.75) is 12.5 Å². The molecule has 1 atom stereocenters. The van der Waals surface area contributed by atoms with Crippen molar-refractivity contribution in [3.8, 4) is 0 Å². The van der Waals surface area contributed by atoms with Crippen molar-refractivity contribution in [3.05, 3.63) is 34.9 Å². The van der Waals surface area contributed by atoms with Crippen molar-refractivity contribution < 1.29 is 9.84 Å². The molecule has 0 aliphatic rings. The summed E-state index contributed by atoms with van der Waals surface area (Å²) < 4.78 is 4.88. The number of benzene rings is 1. The van der Waals surface area contributed by atoms with Crippen LogP contribution in [-0.4, -0.2) is 37.9 Å². The number of aliphatic imine (C=N–C) groups is 1. The van der Waals surface area contributed by atoms with Gasteiger partial charge in [-0.25, -0.2) is 0 Å². The number of rotatable bonds is 6. The van der Waals surface area contributed by atoms with Crippen molar-refractivity contribution in [2.75, 3.05) is 26.8 Å². The maximum absolute atomic E-state index is 10.4. The van der Waals surface area contributed by atoms with Gasteiger partial charge in [-0.1, -0.05) is 29.8 Å². The number of hydrogen-bond donors (Lipinski definition) is 3. The molecule has 6 heteroatoms. The van der Waals surface area contributed by atoms with Crippen molar-refractivity contribution in [1.29, 1.82) is 0 Å². The molecular weight excluding hydrogens is 266 g/mol. The summed E-state index contributed by atoms with van der Waals surface area (Å²) in [4.78, 5) is 4.10. The Morgan fingerprint density at radius 3 is 2.84 bits per heavy atom. The molecule has 1 rings (SSSR count). The zero-order chi connectivity index (χ0) is 14.3. The summed E-state index contributed by atoms with van der Waals surface area (Å²) in [6.45, 7) is 2.89. The number of nitrogens with one attached hydrogen (secondary N) is 1. The molecule has 0 fully saturated rings. The summed E-state index contributed by atoms with van der Waals surface area (Å²) in [6, 6.07) is 7.13. The molecular formula is C13H20ClN3O2. The van der Waals surface area contributed by atoms with Gasteiger partial charge in [-0.2, -0.15) is 0 Å². The quantitative estimate of drug-likeness (QED) is 0.415. The Hall–Kier alpha value is -1.30. The summed E-state index contributed by atoms with van der Waals surface area (Å²) in [5, 5.41) is 13.8. The Morgan fingerprint density at radius 2 is 2.21 bits per heavy atom. The van der Waals surface area contributed by atoms with Gasteiger partial charge in [0.25, 0.3) is 0 Å². The minimum absolute atomic E-state index is 0.128. The van der Waals surface area contributed by atoms with Crippen LogP contribution in [0.4, 0.5) is 0 Å². The van der Waals surface area contributed by atoms with E-state index in [0.29, 0.717) is 23.7 Å². The van der Waals surface area contributed by atoms with Gasteiger partial charge in [0.05, 0.1) is 13.2 Å². The lowest BCUT2D eigenvalue weighted by Gasteiger charge is -2.23. The molecule has 5 nitrogen and oxygen atoms in total. The van der Waals surface area contributed by atoms with Crippen LogP contribution in [0.15, 0.2) is 29.3 Å². The normalized spacial score (nSPS) is 15.1. The largest absolute Gasteiger partial charge is 0.383 e. The van der Waals surface area contributed by atoms with Crippen LogP contribution in [0.1, 0.15) is 12.5 Å². The van der Waals surface area contributed by atoms with E-state index >= 15 is 0 Å². The predicted molar refractivity (Wildman–Crippen MR) is 77.4 cm³/mol. The first-order chi connectivity index (χ1) is 8.97. The highest BCUT2D eigenvalue weighted by atomic mass is 35.5. The zero-order valence-electron chi connectivity index (χ0n) is 11.2. The van der Waals surface area contributed by atoms with Crippen LogP contribution in [0.2, 0.25) is 5.02 Å². The van der Waals surface area contributed by atoms with E-state index in [0.717, 1.165) is 0 Å². The fourth-order valence-corrected chi connectivity index (χ4v) is 1.90. The zero-order valence-corrected chi connectivity index (χ0v) is 11.9. The third-order valence-electron chi connectivity index (χ3n) is 2.62. The topological polar surface area (TPSA) is 79.9 Å². The van der Waals surface area contributed by atoms with Gasteiger partial charge in [-0.05, 0) is 13.0 Å². The van der Waals surface area contributed by atoms with Gasteiger partial charge in [0, 0.05) is 24.2 Å². The number of methoxy groups -OCH3 is 1. The average molecular weight is 286 g/mol. The number of ether oxygens (including phenoxy) is 1. The van der Waals surface area contributed by atoms with E-state index in [1.165, 1.54) is 0 Å². The second-order valence-electron chi connectivity index (χ2n) is 4.37. The number of guanidine groups is 1. The molecule has 0 amide bonds. The molecule has 0 spiro atoms. The van der Waals surface area contributed by atoms with Crippen molar-refractivity contribution in [2.24, 2.45) is 10.7 Å². The van der Waals surface area contributed by atoms with Gasteiger partial charge in [-0.15, -0.1) is 0 Å². The highest BCUT2D eigenvalue weighted by Gasteiger charge is 2.25. The summed E-state index contributed by atoms with van der Waals surface area (Å²) in [7, 11) is 1.61. The minimum atomic E-state index is -1.16. The monoisotopic (exact) mass is 285 g/mol. The van der Waals surface area contributed by atoms with Crippen LogP contribution in [0.5, 0.6) is 0 Å². The number of nitrogens with zero attached hydrogens (tertiary/aromatic N) is 1. The van der Waals surface area contributed by atoms with E-state index in [4.69, 9.17) is 22.1 Å². The molecule has 0 bridgehead atoms. The summed E-state index contributed by atoms with van der Waals surface area (Å²) in [5.74, 6) is 0.268. The SMILES string of the molecule is COCCNC(N)=NCC(C)(O)c1ccccc1Cl. The van der Waals surface area contributed by atoms with Crippen LogP contribution in [-0.2, 0) is 10.3 Å². The van der Waals surface area contributed by atoms with E-state index in [1.807, 2.05) is 12.1 Å². The van der Waals surface area contributed by atoms with Gasteiger partial charge in [0.2, 0.25) is 0 Å². The number of halogens is 1. The minimum Gasteiger partial charge on any atom is -0.383 e. The Kier molecular flexibility index (Phi) is 6.08. The summed E-state index contributed by atoms with van der Waals surface area (Å²) >= 11 is 6.05. The number of aliphatic hydroxyl groups is 1. The van der Waals surface area contributed by atoms with Crippen LogP contribution < -0.4 is 11.1 Å². The predicted octanol–water partition coefficient (Wildman–Crippen LogP) is 1.10. The van der Waals surface area contributed by atoms with E-state index < -0.39 is 5.60 Å². The number of nitrogens with two attached hydrogens (primary N) is 1. The van der Waals surface area contributed by atoms with E-state index in [2.05, 4.69) is 10.3 Å². The molecule has 0 saturated carbocycles. The highest BCUT2D eigenvalue weighted by molar-refractivity contribution is 6.31. The van der Waals surface area contributed by atoms with Gasteiger partial charge in [-0.3, -0.25) is 4.99 Å². The van der Waals surface area contributed by atoms with Crippen LogP contribution in [0.25, 0.3) is 0 Å². The lowest BCUT2D eigenvalue weighted by molar-refractivity contribution is 0.0674. The third-order valence-corrected chi connectivity index (χ3v) is 2.95. The molecule has 0 aromatic heterocycles. The van der Waals surface area contributed by atoms with E-state index in [-0.39, 0.29) is 12.5 Å². The molecule has 1 aromatic rings. The molecule has 0 radical (unpaired) electrons. The standard InChI is InChI=1S/C13H20ClN3O2/c1-13(18,10-5-3-4-6-11(10)14)9-17-12(15)16-7-8-19-2/h3-6,18H,7-9H2,1-2H3,(H3,15,16,17). The van der Waals surface area contributed by atoms with E-state index in [1.54, 1.807) is 26.2 Å².